The van der Waals surface area contributed by atoms with Crippen molar-refractivity contribution in [3.8, 4) is 5.75 Å². The number of nitrogens with zero attached hydrogens (tertiary/aromatic N) is 5. The molecule has 1 aromatic heterocycles. The summed E-state index contributed by atoms with van der Waals surface area (Å²) < 4.78 is 47.8. The van der Waals surface area contributed by atoms with E-state index in [0.717, 1.165) is 37.9 Å². The van der Waals surface area contributed by atoms with Crippen LogP contribution in [0.4, 0.5) is 14.5 Å². The zero-order chi connectivity index (χ0) is 25.1. The molecule has 36 heavy (non-hydrogen) atoms. The molecule has 10 heteroatoms. The fourth-order valence-electron chi connectivity index (χ4n) is 4.79. The Labute approximate surface area is 209 Å². The van der Waals surface area contributed by atoms with Gasteiger partial charge in [0.1, 0.15) is 42.2 Å². The van der Waals surface area contributed by atoms with Crippen LogP contribution < -0.4 is 9.64 Å². The predicted molar refractivity (Wildman–Crippen MR) is 130 cm³/mol. The SMILES string of the molecule is CC(C)N1CCN(c2ccc(OC[C@H]3OC[C@](Cn4cncn4)(c4ccc(F)cc4F)O3)cc2)CC1. The monoisotopic (exact) mass is 499 g/mol. The van der Waals surface area contributed by atoms with E-state index in [2.05, 4.69) is 45.9 Å². The first-order valence-electron chi connectivity index (χ1n) is 12.2. The van der Waals surface area contributed by atoms with Crippen molar-refractivity contribution in [3.05, 3.63) is 72.3 Å². The van der Waals surface area contributed by atoms with Crippen LogP contribution in [0.15, 0.2) is 55.1 Å². The van der Waals surface area contributed by atoms with Gasteiger partial charge in [-0.25, -0.2) is 18.4 Å². The van der Waals surface area contributed by atoms with E-state index < -0.39 is 23.5 Å². The second-order valence-electron chi connectivity index (χ2n) is 9.49. The third-order valence-electron chi connectivity index (χ3n) is 6.80. The van der Waals surface area contributed by atoms with Crippen molar-refractivity contribution in [2.45, 2.75) is 38.3 Å². The number of ether oxygens (including phenoxy) is 3. The average Bonchev–Trinajstić information content (AvgIpc) is 3.54. The van der Waals surface area contributed by atoms with E-state index in [0.29, 0.717) is 11.8 Å². The van der Waals surface area contributed by atoms with Crippen LogP contribution in [-0.4, -0.2) is 71.4 Å². The van der Waals surface area contributed by atoms with Crippen molar-refractivity contribution in [1.29, 1.82) is 0 Å². The fourth-order valence-corrected chi connectivity index (χ4v) is 4.79. The largest absolute Gasteiger partial charge is 0.488 e. The molecular formula is C26H31F2N5O3. The van der Waals surface area contributed by atoms with Crippen LogP contribution in [0.2, 0.25) is 0 Å². The summed E-state index contributed by atoms with van der Waals surface area (Å²) in [7, 11) is 0. The summed E-state index contributed by atoms with van der Waals surface area (Å²) in [5.74, 6) is -0.671. The van der Waals surface area contributed by atoms with Crippen LogP contribution in [0.5, 0.6) is 5.75 Å². The molecule has 2 aromatic carbocycles. The minimum Gasteiger partial charge on any atom is -0.488 e. The number of hydrogen-bond donors (Lipinski definition) is 0. The second kappa shape index (κ2) is 10.5. The van der Waals surface area contributed by atoms with Crippen molar-refractivity contribution in [2.75, 3.05) is 44.3 Å². The summed E-state index contributed by atoms with van der Waals surface area (Å²) in [6.45, 7) is 8.90. The van der Waals surface area contributed by atoms with Gasteiger partial charge in [0.25, 0.3) is 0 Å². The predicted octanol–water partition coefficient (Wildman–Crippen LogP) is 3.43. The molecular weight excluding hydrogens is 468 g/mol. The molecule has 2 aliphatic rings. The van der Waals surface area contributed by atoms with Gasteiger partial charge < -0.3 is 19.1 Å². The second-order valence-corrected chi connectivity index (χ2v) is 9.49. The first kappa shape index (κ1) is 24.6. The van der Waals surface area contributed by atoms with Crippen molar-refractivity contribution in [2.24, 2.45) is 0 Å². The van der Waals surface area contributed by atoms with Crippen molar-refractivity contribution >= 4 is 5.69 Å². The van der Waals surface area contributed by atoms with E-state index in [1.807, 2.05) is 12.1 Å². The van der Waals surface area contributed by atoms with Gasteiger partial charge in [-0.05, 0) is 44.2 Å². The molecule has 2 aliphatic heterocycles. The lowest BCUT2D eigenvalue weighted by Crippen LogP contribution is -2.48. The molecule has 192 valence electrons. The number of anilines is 1. The van der Waals surface area contributed by atoms with E-state index in [4.69, 9.17) is 14.2 Å². The Morgan fingerprint density at radius 1 is 1.08 bits per heavy atom. The van der Waals surface area contributed by atoms with E-state index >= 15 is 0 Å². The normalized spacial score (nSPS) is 22.9. The Morgan fingerprint density at radius 2 is 1.86 bits per heavy atom. The Kier molecular flexibility index (Phi) is 7.17. The maximum atomic E-state index is 14.7. The van der Waals surface area contributed by atoms with Crippen molar-refractivity contribution in [3.63, 3.8) is 0 Å². The maximum Gasteiger partial charge on any atom is 0.193 e. The van der Waals surface area contributed by atoms with Crippen LogP contribution in [-0.2, 0) is 21.6 Å². The van der Waals surface area contributed by atoms with Crippen LogP contribution in [0.1, 0.15) is 19.4 Å². The quantitative estimate of drug-likeness (QED) is 0.471. The number of rotatable bonds is 8. The summed E-state index contributed by atoms with van der Waals surface area (Å²) in [4.78, 5) is 8.80. The molecule has 8 nitrogen and oxygen atoms in total. The van der Waals surface area contributed by atoms with E-state index in [1.54, 1.807) is 0 Å². The van der Waals surface area contributed by atoms with Gasteiger partial charge in [-0.2, -0.15) is 5.10 Å². The Morgan fingerprint density at radius 3 is 2.53 bits per heavy atom. The summed E-state index contributed by atoms with van der Waals surface area (Å²) in [5.41, 5.74) is 0.170. The third kappa shape index (κ3) is 5.35. The molecule has 5 rings (SSSR count). The third-order valence-corrected chi connectivity index (χ3v) is 6.80. The topological polar surface area (TPSA) is 64.9 Å². The average molecular weight is 500 g/mol. The van der Waals surface area contributed by atoms with Crippen molar-refractivity contribution in [1.82, 2.24) is 19.7 Å². The fraction of sp³-hybridized carbons (Fsp3) is 0.462. The molecule has 0 amide bonds. The summed E-state index contributed by atoms with van der Waals surface area (Å²) in [6, 6.07) is 12.0. The minimum atomic E-state index is -1.19. The van der Waals surface area contributed by atoms with E-state index in [-0.39, 0.29) is 25.3 Å². The Hall–Kier alpha value is -3.08. The van der Waals surface area contributed by atoms with Gasteiger partial charge in [0, 0.05) is 49.5 Å². The molecule has 0 aliphatic carbocycles. The lowest BCUT2D eigenvalue weighted by Gasteiger charge is -2.38. The highest BCUT2D eigenvalue weighted by atomic mass is 19.1. The zero-order valence-corrected chi connectivity index (χ0v) is 20.5. The number of benzene rings is 2. The number of halogens is 2. The molecule has 0 bridgehead atoms. The molecule has 3 aromatic rings. The van der Waals surface area contributed by atoms with Gasteiger partial charge in [-0.15, -0.1) is 0 Å². The summed E-state index contributed by atoms with van der Waals surface area (Å²) in [5, 5.41) is 4.11. The molecule has 0 saturated carbocycles. The summed E-state index contributed by atoms with van der Waals surface area (Å²) in [6.07, 6.45) is 2.17. The van der Waals surface area contributed by atoms with E-state index in [9.17, 15) is 8.78 Å². The van der Waals surface area contributed by atoms with Gasteiger partial charge >= 0.3 is 0 Å². The van der Waals surface area contributed by atoms with Crippen LogP contribution in [0, 0.1) is 11.6 Å². The molecule has 2 fully saturated rings. The van der Waals surface area contributed by atoms with Gasteiger partial charge in [0.15, 0.2) is 6.29 Å². The van der Waals surface area contributed by atoms with Gasteiger partial charge in [0.2, 0.25) is 0 Å². The lowest BCUT2D eigenvalue weighted by atomic mass is 9.94. The Balaban J connectivity index is 1.21. The first-order valence-corrected chi connectivity index (χ1v) is 12.2. The molecule has 0 radical (unpaired) electrons. The van der Waals surface area contributed by atoms with Crippen LogP contribution >= 0.6 is 0 Å². The van der Waals surface area contributed by atoms with Gasteiger partial charge in [-0.1, -0.05) is 6.07 Å². The van der Waals surface area contributed by atoms with Crippen LogP contribution in [0.3, 0.4) is 0 Å². The highest BCUT2D eigenvalue weighted by Crippen LogP contribution is 2.37. The molecule has 0 spiro atoms. The number of piperazine rings is 1. The first-order chi connectivity index (χ1) is 17.4. The number of aromatic nitrogens is 3. The highest BCUT2D eigenvalue weighted by Gasteiger charge is 2.45. The molecule has 2 saturated heterocycles. The lowest BCUT2D eigenvalue weighted by molar-refractivity contribution is -0.117. The Bertz CT molecular complexity index is 1140. The molecule has 0 N–H and O–H groups in total. The molecule has 0 unspecified atom stereocenters. The minimum absolute atomic E-state index is 0.0602. The molecule has 2 atom stereocenters. The zero-order valence-electron chi connectivity index (χ0n) is 20.5. The van der Waals surface area contributed by atoms with E-state index in [1.165, 1.54) is 29.5 Å². The highest BCUT2D eigenvalue weighted by molar-refractivity contribution is 5.49. The van der Waals surface area contributed by atoms with Gasteiger partial charge in [-0.3, -0.25) is 4.90 Å². The molecule has 3 heterocycles. The standard InChI is InChI=1S/C26H31F2N5O3/c1-19(2)31-9-11-32(12-10-31)21-4-6-22(7-5-21)34-14-25-35-16-26(36-25,15-33-18-29-17-30-33)23-8-3-20(27)13-24(23)28/h3-8,13,17-19,25H,9-12,14-16H2,1-2H3/t25-,26+/m0/s1. The summed E-state index contributed by atoms with van der Waals surface area (Å²) >= 11 is 0. The van der Waals surface area contributed by atoms with Gasteiger partial charge in [0.05, 0.1) is 13.2 Å². The maximum absolute atomic E-state index is 14.7. The van der Waals surface area contributed by atoms with Crippen molar-refractivity contribution < 1.29 is 23.0 Å². The smallest absolute Gasteiger partial charge is 0.193 e. The number of hydrogen-bond acceptors (Lipinski definition) is 7. The van der Waals surface area contributed by atoms with Crippen LogP contribution in [0.25, 0.3) is 0 Å².